The monoisotopic (exact) mass is 317 g/mol. The molecule has 0 radical (unpaired) electrons. The molecule has 126 valence electrons. The maximum Gasteiger partial charge on any atom is 0.315 e. The van der Waals surface area contributed by atoms with Crippen LogP contribution in [0.3, 0.4) is 0 Å². The van der Waals surface area contributed by atoms with Crippen molar-refractivity contribution in [3.05, 3.63) is 35.9 Å². The number of rotatable bonds is 7. The normalized spacial score (nSPS) is 20.0. The number of morpholine rings is 1. The third-order valence-corrected chi connectivity index (χ3v) is 4.58. The van der Waals surface area contributed by atoms with Crippen LogP contribution in [-0.2, 0) is 4.74 Å². The van der Waals surface area contributed by atoms with Crippen LogP contribution in [0.5, 0.6) is 0 Å². The molecule has 2 aliphatic rings. The second-order valence-corrected chi connectivity index (χ2v) is 6.43. The van der Waals surface area contributed by atoms with Crippen LogP contribution >= 0.6 is 0 Å². The lowest BCUT2D eigenvalue weighted by Gasteiger charge is -2.26. The highest BCUT2D eigenvalue weighted by Crippen LogP contribution is 2.40. The predicted molar refractivity (Wildman–Crippen MR) is 90.3 cm³/mol. The van der Waals surface area contributed by atoms with Crippen molar-refractivity contribution < 1.29 is 9.53 Å². The molecule has 0 bridgehead atoms. The molecule has 5 heteroatoms. The van der Waals surface area contributed by atoms with Crippen molar-refractivity contribution in [1.29, 1.82) is 0 Å². The van der Waals surface area contributed by atoms with Crippen molar-refractivity contribution in [2.45, 2.75) is 25.3 Å². The Morgan fingerprint density at radius 2 is 1.96 bits per heavy atom. The van der Waals surface area contributed by atoms with Crippen LogP contribution in [0.15, 0.2) is 30.3 Å². The van der Waals surface area contributed by atoms with Gasteiger partial charge in [-0.25, -0.2) is 4.79 Å². The fourth-order valence-electron chi connectivity index (χ4n) is 3.08. The van der Waals surface area contributed by atoms with Crippen molar-refractivity contribution in [2.75, 3.05) is 39.4 Å². The van der Waals surface area contributed by atoms with Crippen LogP contribution in [0.25, 0.3) is 0 Å². The Kier molecular flexibility index (Phi) is 5.88. The van der Waals surface area contributed by atoms with E-state index in [1.165, 1.54) is 18.4 Å². The van der Waals surface area contributed by atoms with E-state index < -0.39 is 0 Å². The summed E-state index contributed by atoms with van der Waals surface area (Å²) in [6, 6.07) is 10.4. The molecule has 1 unspecified atom stereocenters. The first-order chi connectivity index (χ1) is 11.3. The number of nitrogens with one attached hydrogen (secondary N) is 2. The molecule has 1 saturated heterocycles. The fraction of sp³-hybridized carbons (Fsp3) is 0.611. The molecule has 0 spiro atoms. The Bertz CT molecular complexity index is 484. The van der Waals surface area contributed by atoms with E-state index in [1.807, 2.05) is 18.2 Å². The molecular weight excluding hydrogens is 290 g/mol. The smallest absolute Gasteiger partial charge is 0.315 e. The van der Waals surface area contributed by atoms with Crippen molar-refractivity contribution in [3.63, 3.8) is 0 Å². The number of ether oxygens (including phenoxy) is 1. The summed E-state index contributed by atoms with van der Waals surface area (Å²) in [6.45, 7) is 5.40. The van der Waals surface area contributed by atoms with Gasteiger partial charge in [0.25, 0.3) is 0 Å². The van der Waals surface area contributed by atoms with Crippen LogP contribution in [0.1, 0.15) is 30.9 Å². The van der Waals surface area contributed by atoms with E-state index >= 15 is 0 Å². The van der Waals surface area contributed by atoms with Gasteiger partial charge in [-0.15, -0.1) is 0 Å². The number of benzene rings is 1. The summed E-state index contributed by atoms with van der Waals surface area (Å²) in [5.41, 5.74) is 1.21. The van der Waals surface area contributed by atoms with Gasteiger partial charge in [0.2, 0.25) is 0 Å². The topological polar surface area (TPSA) is 53.6 Å². The summed E-state index contributed by atoms with van der Waals surface area (Å²) < 4.78 is 5.34. The van der Waals surface area contributed by atoms with Gasteiger partial charge in [-0.05, 0) is 37.3 Å². The van der Waals surface area contributed by atoms with E-state index in [4.69, 9.17) is 4.74 Å². The van der Waals surface area contributed by atoms with E-state index in [-0.39, 0.29) is 12.1 Å². The molecule has 1 aliphatic carbocycles. The Labute approximate surface area is 138 Å². The molecule has 5 nitrogen and oxygen atoms in total. The molecule has 2 fully saturated rings. The van der Waals surface area contributed by atoms with Crippen LogP contribution in [0, 0.1) is 5.92 Å². The highest BCUT2D eigenvalue weighted by atomic mass is 16.5. The van der Waals surface area contributed by atoms with Gasteiger partial charge >= 0.3 is 6.03 Å². The van der Waals surface area contributed by atoms with Gasteiger partial charge in [0.15, 0.2) is 0 Å². The van der Waals surface area contributed by atoms with Crippen molar-refractivity contribution in [2.24, 2.45) is 5.92 Å². The molecule has 1 saturated carbocycles. The van der Waals surface area contributed by atoms with E-state index in [0.29, 0.717) is 5.92 Å². The first-order valence-electron chi connectivity index (χ1n) is 8.72. The third kappa shape index (κ3) is 5.22. The first kappa shape index (κ1) is 16.3. The van der Waals surface area contributed by atoms with E-state index in [0.717, 1.165) is 45.8 Å². The van der Waals surface area contributed by atoms with E-state index in [9.17, 15) is 4.79 Å². The Balaban J connectivity index is 1.37. The molecular formula is C18H27N3O2. The SMILES string of the molecule is O=C(NCCCN1CCOCC1)NC(c1ccccc1)C1CC1. The maximum absolute atomic E-state index is 12.2. The van der Waals surface area contributed by atoms with Crippen molar-refractivity contribution >= 4 is 6.03 Å². The number of hydrogen-bond donors (Lipinski definition) is 2. The average molecular weight is 317 g/mol. The molecule has 0 aromatic heterocycles. The predicted octanol–water partition coefficient (Wildman–Crippen LogP) is 2.16. The Morgan fingerprint density at radius 3 is 2.65 bits per heavy atom. The lowest BCUT2D eigenvalue weighted by Crippen LogP contribution is -2.41. The lowest BCUT2D eigenvalue weighted by molar-refractivity contribution is 0.0375. The van der Waals surface area contributed by atoms with E-state index in [1.54, 1.807) is 0 Å². The average Bonchev–Trinajstić information content (AvgIpc) is 3.43. The highest BCUT2D eigenvalue weighted by Gasteiger charge is 2.33. The zero-order valence-electron chi connectivity index (χ0n) is 13.7. The van der Waals surface area contributed by atoms with Gasteiger partial charge in [-0.1, -0.05) is 30.3 Å². The number of carbonyl (C=O) groups is 1. The minimum absolute atomic E-state index is 0.0484. The van der Waals surface area contributed by atoms with Crippen LogP contribution < -0.4 is 10.6 Å². The van der Waals surface area contributed by atoms with Gasteiger partial charge in [0.05, 0.1) is 19.3 Å². The van der Waals surface area contributed by atoms with Gasteiger partial charge in [-0.2, -0.15) is 0 Å². The molecule has 1 heterocycles. The van der Waals surface area contributed by atoms with Gasteiger partial charge < -0.3 is 15.4 Å². The van der Waals surface area contributed by atoms with Gasteiger partial charge in [0, 0.05) is 19.6 Å². The quantitative estimate of drug-likeness (QED) is 0.758. The Hall–Kier alpha value is -1.59. The summed E-state index contributed by atoms with van der Waals surface area (Å²) >= 11 is 0. The highest BCUT2D eigenvalue weighted by molar-refractivity contribution is 5.74. The minimum atomic E-state index is -0.0484. The molecule has 1 aromatic rings. The number of nitrogens with zero attached hydrogens (tertiary/aromatic N) is 1. The zero-order valence-corrected chi connectivity index (χ0v) is 13.7. The molecule has 2 amide bonds. The lowest BCUT2D eigenvalue weighted by atomic mass is 10.0. The standard InChI is InChI=1S/C18H27N3O2/c22-18(19-9-4-10-21-11-13-23-14-12-21)20-17(16-7-8-16)15-5-2-1-3-6-15/h1-3,5-6,16-17H,4,7-14H2,(H2,19,20,22). The van der Waals surface area contributed by atoms with Crippen LogP contribution in [0.4, 0.5) is 4.79 Å². The first-order valence-corrected chi connectivity index (χ1v) is 8.72. The largest absolute Gasteiger partial charge is 0.379 e. The van der Waals surface area contributed by atoms with Gasteiger partial charge in [0.1, 0.15) is 0 Å². The summed E-state index contributed by atoms with van der Waals surface area (Å²) in [5.74, 6) is 0.594. The maximum atomic E-state index is 12.2. The molecule has 1 aliphatic heterocycles. The molecule has 1 atom stereocenters. The third-order valence-electron chi connectivity index (χ3n) is 4.58. The summed E-state index contributed by atoms with van der Waals surface area (Å²) in [4.78, 5) is 14.5. The van der Waals surface area contributed by atoms with E-state index in [2.05, 4.69) is 27.7 Å². The van der Waals surface area contributed by atoms with Crippen molar-refractivity contribution in [3.8, 4) is 0 Å². The summed E-state index contributed by atoms with van der Waals surface area (Å²) in [6.07, 6.45) is 3.39. The molecule has 2 N–H and O–H groups in total. The van der Waals surface area contributed by atoms with Gasteiger partial charge in [-0.3, -0.25) is 4.90 Å². The summed E-state index contributed by atoms with van der Waals surface area (Å²) in [5, 5.41) is 6.15. The molecule has 1 aromatic carbocycles. The zero-order chi connectivity index (χ0) is 15.9. The van der Waals surface area contributed by atoms with Crippen molar-refractivity contribution in [1.82, 2.24) is 15.5 Å². The van der Waals surface area contributed by atoms with Crippen LogP contribution in [0.2, 0.25) is 0 Å². The minimum Gasteiger partial charge on any atom is -0.379 e. The second-order valence-electron chi connectivity index (χ2n) is 6.43. The second kappa shape index (κ2) is 8.31. The molecule has 3 rings (SSSR count). The molecule has 23 heavy (non-hydrogen) atoms. The summed E-state index contributed by atoms with van der Waals surface area (Å²) in [7, 11) is 0. The fourth-order valence-corrected chi connectivity index (χ4v) is 3.08. The number of carbonyl (C=O) groups excluding carboxylic acids is 1. The van der Waals surface area contributed by atoms with Crippen LogP contribution in [-0.4, -0.2) is 50.3 Å². The number of urea groups is 1. The number of hydrogen-bond acceptors (Lipinski definition) is 3. The number of amides is 2. The Morgan fingerprint density at radius 1 is 1.22 bits per heavy atom.